The number of carbonyl (C=O) groups excluding carboxylic acids is 3. The van der Waals surface area contributed by atoms with Crippen molar-refractivity contribution in [1.82, 2.24) is 4.90 Å². The molecule has 98 valence electrons. The number of carboxylic acids is 1. The van der Waals surface area contributed by atoms with Crippen LogP contribution in [0, 0.1) is 0 Å². The lowest BCUT2D eigenvalue weighted by Gasteiger charge is -2.21. The fourth-order valence-corrected chi connectivity index (χ4v) is 2.53. The minimum absolute atomic E-state index is 0.212. The molecular formula is C13H10NO4S-. The second-order valence-corrected chi connectivity index (χ2v) is 4.95. The summed E-state index contributed by atoms with van der Waals surface area (Å²) in [7, 11) is 0. The number of hydrogen-bond donors (Lipinski definition) is 0. The maximum Gasteiger partial charge on any atom is 0.294 e. The van der Waals surface area contributed by atoms with Crippen molar-refractivity contribution >= 4 is 35.0 Å². The number of rotatable bonds is 3. The molecule has 2 amide bonds. The normalized spacial score (nSPS) is 19.0. The molecule has 1 aromatic rings. The predicted octanol–water partition coefficient (Wildman–Crippen LogP) is 0.861. The quantitative estimate of drug-likeness (QED) is 0.765. The number of aliphatic carboxylic acids is 1. The Hall–Kier alpha value is -2.08. The minimum atomic E-state index is -1.46. The van der Waals surface area contributed by atoms with Crippen molar-refractivity contribution in [3.8, 4) is 0 Å². The average molecular weight is 276 g/mol. The highest BCUT2D eigenvalue weighted by molar-refractivity contribution is 8.18. The Morgan fingerprint density at radius 2 is 1.95 bits per heavy atom. The van der Waals surface area contributed by atoms with Crippen LogP contribution in [0.15, 0.2) is 35.2 Å². The maximum atomic E-state index is 12.0. The standard InChI is InChI=1S/C13H11NO4S/c1-8(12(16)17)14-11(15)10(19-13(14)18)7-9-5-3-2-4-6-9/h2-8H,1H3,(H,16,17)/p-1/b10-7-/t8-/m0/s1. The lowest BCUT2D eigenvalue weighted by Crippen LogP contribution is -2.48. The van der Waals surface area contributed by atoms with Crippen LogP contribution in [-0.2, 0) is 9.59 Å². The molecule has 1 atom stereocenters. The van der Waals surface area contributed by atoms with E-state index in [4.69, 9.17) is 0 Å². The van der Waals surface area contributed by atoms with E-state index in [1.54, 1.807) is 30.3 Å². The summed E-state index contributed by atoms with van der Waals surface area (Å²) in [4.78, 5) is 35.3. The van der Waals surface area contributed by atoms with Crippen molar-refractivity contribution in [2.45, 2.75) is 13.0 Å². The molecule has 1 fully saturated rings. The molecule has 0 unspecified atom stereocenters. The van der Waals surface area contributed by atoms with Crippen molar-refractivity contribution in [3.63, 3.8) is 0 Å². The van der Waals surface area contributed by atoms with Crippen LogP contribution in [0.3, 0.4) is 0 Å². The van der Waals surface area contributed by atoms with Crippen molar-refractivity contribution in [2.75, 3.05) is 0 Å². The third-order valence-electron chi connectivity index (χ3n) is 2.65. The van der Waals surface area contributed by atoms with Gasteiger partial charge in [-0.05, 0) is 30.3 Å². The zero-order valence-corrected chi connectivity index (χ0v) is 10.8. The summed E-state index contributed by atoms with van der Waals surface area (Å²) in [5, 5.41) is 10.2. The van der Waals surface area contributed by atoms with E-state index in [1.165, 1.54) is 6.92 Å². The summed E-state index contributed by atoms with van der Waals surface area (Å²) in [5.41, 5.74) is 0.772. The predicted molar refractivity (Wildman–Crippen MR) is 68.7 cm³/mol. The number of nitrogens with zero attached hydrogens (tertiary/aromatic N) is 1. The van der Waals surface area contributed by atoms with Gasteiger partial charge in [0.1, 0.15) is 0 Å². The Kier molecular flexibility index (Phi) is 3.71. The fourth-order valence-electron chi connectivity index (χ4n) is 1.62. The minimum Gasteiger partial charge on any atom is -0.548 e. The van der Waals surface area contributed by atoms with Crippen LogP contribution in [0.25, 0.3) is 6.08 Å². The summed E-state index contributed by atoms with van der Waals surface area (Å²) in [6, 6.07) is 7.75. The van der Waals surface area contributed by atoms with E-state index in [9.17, 15) is 19.5 Å². The number of amides is 2. The molecule has 1 aromatic carbocycles. The summed E-state index contributed by atoms with van der Waals surface area (Å²) in [5.74, 6) is -2.06. The molecule has 2 rings (SSSR count). The molecule has 1 aliphatic heterocycles. The number of imide groups is 1. The molecule has 19 heavy (non-hydrogen) atoms. The van der Waals surface area contributed by atoms with Crippen molar-refractivity contribution in [3.05, 3.63) is 40.8 Å². The van der Waals surface area contributed by atoms with Gasteiger partial charge < -0.3 is 9.90 Å². The van der Waals surface area contributed by atoms with Gasteiger partial charge in [0.25, 0.3) is 11.1 Å². The zero-order valence-electron chi connectivity index (χ0n) is 10.0. The van der Waals surface area contributed by atoms with Gasteiger partial charge in [0.2, 0.25) is 0 Å². The highest BCUT2D eigenvalue weighted by Gasteiger charge is 2.38. The molecule has 0 aliphatic carbocycles. The van der Waals surface area contributed by atoms with E-state index in [-0.39, 0.29) is 4.91 Å². The highest BCUT2D eigenvalue weighted by atomic mass is 32.2. The molecule has 1 aliphatic rings. The van der Waals surface area contributed by atoms with Gasteiger partial charge in [-0.3, -0.25) is 14.5 Å². The topological polar surface area (TPSA) is 77.5 Å². The summed E-state index contributed by atoms with van der Waals surface area (Å²) >= 11 is 0.730. The van der Waals surface area contributed by atoms with Crippen LogP contribution >= 0.6 is 11.8 Å². The Morgan fingerprint density at radius 3 is 2.53 bits per heavy atom. The number of benzene rings is 1. The van der Waals surface area contributed by atoms with Gasteiger partial charge in [-0.25, -0.2) is 0 Å². The van der Waals surface area contributed by atoms with Crippen LogP contribution in [0.5, 0.6) is 0 Å². The Labute approximate surface area is 113 Å². The number of carboxylic acid groups (broad SMARTS) is 1. The van der Waals surface area contributed by atoms with E-state index >= 15 is 0 Å². The first kappa shape index (κ1) is 13.4. The molecule has 6 heteroatoms. The Morgan fingerprint density at radius 1 is 1.32 bits per heavy atom. The second kappa shape index (κ2) is 5.27. The molecule has 0 N–H and O–H groups in total. The highest BCUT2D eigenvalue weighted by Crippen LogP contribution is 2.33. The van der Waals surface area contributed by atoms with Crippen molar-refractivity contribution < 1.29 is 19.5 Å². The van der Waals surface area contributed by atoms with E-state index in [1.807, 2.05) is 6.07 Å². The van der Waals surface area contributed by atoms with Gasteiger partial charge in [0.15, 0.2) is 0 Å². The summed E-state index contributed by atoms with van der Waals surface area (Å²) < 4.78 is 0. The Balaban J connectivity index is 2.28. The molecule has 0 spiro atoms. The lowest BCUT2D eigenvalue weighted by molar-refractivity contribution is -0.309. The molecule has 0 saturated carbocycles. The van der Waals surface area contributed by atoms with Gasteiger partial charge in [0, 0.05) is 0 Å². The first-order valence-corrected chi connectivity index (χ1v) is 6.35. The first-order chi connectivity index (χ1) is 9.00. The van der Waals surface area contributed by atoms with E-state index in [0.29, 0.717) is 4.90 Å². The third kappa shape index (κ3) is 2.68. The van der Waals surface area contributed by atoms with E-state index in [2.05, 4.69) is 0 Å². The summed E-state index contributed by atoms with van der Waals surface area (Å²) in [6.45, 7) is 1.25. The van der Waals surface area contributed by atoms with Crippen molar-refractivity contribution in [1.29, 1.82) is 0 Å². The third-order valence-corrected chi connectivity index (χ3v) is 3.53. The molecule has 0 radical (unpaired) electrons. The number of thioether (sulfide) groups is 1. The molecule has 0 bridgehead atoms. The van der Waals surface area contributed by atoms with E-state index < -0.39 is 23.2 Å². The molecule has 1 heterocycles. The largest absolute Gasteiger partial charge is 0.548 e. The SMILES string of the molecule is C[C@@H](C(=O)[O-])N1C(=O)S/C(=C\c2ccccc2)C1=O. The molecular weight excluding hydrogens is 266 g/mol. The monoisotopic (exact) mass is 276 g/mol. The summed E-state index contributed by atoms with van der Waals surface area (Å²) in [6.07, 6.45) is 1.56. The molecule has 1 saturated heterocycles. The average Bonchev–Trinajstić information content (AvgIpc) is 2.65. The van der Waals surface area contributed by atoms with Gasteiger partial charge in [0.05, 0.1) is 16.9 Å². The van der Waals surface area contributed by atoms with Crippen LogP contribution < -0.4 is 5.11 Å². The van der Waals surface area contributed by atoms with Crippen LogP contribution in [0.1, 0.15) is 12.5 Å². The van der Waals surface area contributed by atoms with Gasteiger partial charge in [-0.1, -0.05) is 30.3 Å². The number of carbonyl (C=O) groups is 3. The zero-order chi connectivity index (χ0) is 14.0. The maximum absolute atomic E-state index is 12.0. The van der Waals surface area contributed by atoms with Crippen molar-refractivity contribution in [2.24, 2.45) is 0 Å². The number of hydrogen-bond acceptors (Lipinski definition) is 5. The molecule has 5 nitrogen and oxygen atoms in total. The van der Waals surface area contributed by atoms with Gasteiger partial charge in [-0.15, -0.1) is 0 Å². The van der Waals surface area contributed by atoms with Crippen LogP contribution in [0.2, 0.25) is 0 Å². The van der Waals surface area contributed by atoms with Gasteiger partial charge in [-0.2, -0.15) is 0 Å². The lowest BCUT2D eigenvalue weighted by atomic mass is 10.2. The smallest absolute Gasteiger partial charge is 0.294 e. The first-order valence-electron chi connectivity index (χ1n) is 5.53. The Bertz CT molecular complexity index is 567. The second-order valence-electron chi connectivity index (χ2n) is 3.96. The van der Waals surface area contributed by atoms with Crippen LogP contribution in [0.4, 0.5) is 4.79 Å². The van der Waals surface area contributed by atoms with Gasteiger partial charge >= 0.3 is 0 Å². The fraction of sp³-hybridized carbons (Fsp3) is 0.154. The van der Waals surface area contributed by atoms with E-state index in [0.717, 1.165) is 17.3 Å². The van der Waals surface area contributed by atoms with Crippen LogP contribution in [-0.4, -0.2) is 28.1 Å². The molecule has 0 aromatic heterocycles.